The Labute approximate surface area is 196 Å². The number of methoxy groups -OCH3 is 2. The van der Waals surface area contributed by atoms with Gasteiger partial charge in [-0.3, -0.25) is 4.57 Å². The number of esters is 1. The summed E-state index contributed by atoms with van der Waals surface area (Å²) < 4.78 is 50.9. The molecule has 0 N–H and O–H groups in total. The highest BCUT2D eigenvalue weighted by Crippen LogP contribution is 2.32. The molecule has 0 aliphatic carbocycles. The summed E-state index contributed by atoms with van der Waals surface area (Å²) in [6.45, 7) is 3.22. The third kappa shape index (κ3) is 4.05. The van der Waals surface area contributed by atoms with Crippen molar-refractivity contribution in [2.24, 2.45) is 0 Å². The molecule has 0 spiro atoms. The predicted octanol–water partition coefficient (Wildman–Crippen LogP) is 2.59. The molecule has 3 aromatic rings. The van der Waals surface area contributed by atoms with E-state index in [0.717, 1.165) is 3.97 Å². The molecule has 1 saturated heterocycles. The van der Waals surface area contributed by atoms with Crippen LogP contribution in [0.5, 0.6) is 11.5 Å². The van der Waals surface area contributed by atoms with Gasteiger partial charge in [-0.25, -0.2) is 18.0 Å². The van der Waals surface area contributed by atoms with Crippen LogP contribution in [0.4, 0.5) is 0 Å². The molecule has 0 atom stereocenters. The van der Waals surface area contributed by atoms with Crippen LogP contribution in [0.25, 0.3) is 11.0 Å². The van der Waals surface area contributed by atoms with Gasteiger partial charge in [0.25, 0.3) is 10.0 Å². The van der Waals surface area contributed by atoms with Gasteiger partial charge in [0, 0.05) is 25.3 Å². The Bertz CT molecular complexity index is 1380. The number of benzene rings is 2. The average Bonchev–Trinajstić information content (AvgIpc) is 3.15. The quantitative estimate of drug-likeness (QED) is 0.464. The van der Waals surface area contributed by atoms with E-state index in [1.54, 1.807) is 18.2 Å². The molecule has 2 aromatic carbocycles. The molecular formula is C23H26N2O8S. The van der Waals surface area contributed by atoms with Gasteiger partial charge in [-0.2, -0.15) is 3.97 Å². The number of ether oxygens (including phenoxy) is 4. The lowest BCUT2D eigenvalue weighted by atomic mass is 10.1. The maximum atomic E-state index is 13.8. The van der Waals surface area contributed by atoms with Crippen molar-refractivity contribution in [1.82, 2.24) is 8.54 Å². The Hall–Kier alpha value is -3.31. The van der Waals surface area contributed by atoms with Gasteiger partial charge in [-0.15, -0.1) is 0 Å². The van der Waals surface area contributed by atoms with Crippen molar-refractivity contribution in [1.29, 1.82) is 0 Å². The first-order valence-electron chi connectivity index (χ1n) is 10.8. The number of aromatic nitrogens is 2. The molecule has 0 saturated carbocycles. The van der Waals surface area contributed by atoms with Gasteiger partial charge in [0.1, 0.15) is 16.4 Å². The number of hydrogen-bond donors (Lipinski definition) is 0. The van der Waals surface area contributed by atoms with Crippen LogP contribution in [0.15, 0.2) is 46.1 Å². The third-order valence-electron chi connectivity index (χ3n) is 5.78. The monoisotopic (exact) mass is 490 g/mol. The Morgan fingerprint density at radius 2 is 1.82 bits per heavy atom. The minimum absolute atomic E-state index is 0.0762. The summed E-state index contributed by atoms with van der Waals surface area (Å²) in [5.41, 5.74) is 0.113. The summed E-state index contributed by atoms with van der Waals surface area (Å²) in [4.78, 5) is 25.3. The molecule has 1 aromatic heterocycles. The van der Waals surface area contributed by atoms with Crippen molar-refractivity contribution < 1.29 is 32.2 Å². The van der Waals surface area contributed by atoms with Gasteiger partial charge in [-0.05, 0) is 50.1 Å². The highest BCUT2D eigenvalue weighted by Gasteiger charge is 2.31. The second-order valence-electron chi connectivity index (χ2n) is 7.71. The van der Waals surface area contributed by atoms with E-state index < -0.39 is 21.7 Å². The number of hydrogen-bond acceptors (Lipinski definition) is 8. The van der Waals surface area contributed by atoms with Crippen molar-refractivity contribution in [2.45, 2.75) is 30.7 Å². The zero-order valence-corrected chi connectivity index (χ0v) is 20.0. The molecule has 10 nitrogen and oxygen atoms in total. The zero-order chi connectivity index (χ0) is 24.5. The Morgan fingerprint density at radius 3 is 2.47 bits per heavy atom. The molecule has 4 rings (SSSR count). The molecule has 1 aliphatic rings. The molecule has 1 aliphatic heterocycles. The first kappa shape index (κ1) is 23.8. The highest BCUT2D eigenvalue weighted by atomic mass is 32.2. The van der Waals surface area contributed by atoms with E-state index in [9.17, 15) is 18.0 Å². The van der Waals surface area contributed by atoms with E-state index in [-0.39, 0.29) is 27.8 Å². The fourth-order valence-electron chi connectivity index (χ4n) is 4.18. The fraction of sp³-hybridized carbons (Fsp3) is 0.391. The fourth-order valence-corrected chi connectivity index (χ4v) is 5.72. The zero-order valence-electron chi connectivity index (χ0n) is 19.1. The number of carbonyl (C=O) groups is 1. The molecule has 0 radical (unpaired) electrons. The van der Waals surface area contributed by atoms with Crippen LogP contribution in [0.2, 0.25) is 0 Å². The van der Waals surface area contributed by atoms with Crippen LogP contribution in [0.1, 0.15) is 36.2 Å². The number of rotatable bonds is 7. The minimum Gasteiger partial charge on any atom is -0.495 e. The van der Waals surface area contributed by atoms with Crippen LogP contribution in [0.3, 0.4) is 0 Å². The van der Waals surface area contributed by atoms with Crippen LogP contribution in [0, 0.1) is 0 Å². The van der Waals surface area contributed by atoms with Crippen LogP contribution >= 0.6 is 0 Å². The van der Waals surface area contributed by atoms with Crippen LogP contribution in [-0.4, -0.2) is 57.0 Å². The average molecular weight is 491 g/mol. The highest BCUT2D eigenvalue weighted by molar-refractivity contribution is 7.90. The smallest absolute Gasteiger partial charge is 0.343 e. The Morgan fingerprint density at radius 1 is 1.09 bits per heavy atom. The van der Waals surface area contributed by atoms with Gasteiger partial charge in [0.05, 0.1) is 37.4 Å². The van der Waals surface area contributed by atoms with E-state index in [1.807, 2.05) is 6.92 Å². The lowest BCUT2D eigenvalue weighted by Crippen LogP contribution is -2.33. The second-order valence-corrected chi connectivity index (χ2v) is 9.46. The van der Waals surface area contributed by atoms with E-state index in [1.165, 1.54) is 37.0 Å². The Kier molecular flexibility index (Phi) is 6.67. The summed E-state index contributed by atoms with van der Waals surface area (Å²) in [5, 5.41) is 0. The number of nitrogens with zero attached hydrogens (tertiary/aromatic N) is 2. The van der Waals surface area contributed by atoms with E-state index in [4.69, 9.17) is 18.9 Å². The maximum absolute atomic E-state index is 13.8. The minimum atomic E-state index is -4.40. The molecule has 182 valence electrons. The van der Waals surface area contributed by atoms with Crippen molar-refractivity contribution >= 4 is 27.0 Å². The first-order valence-corrected chi connectivity index (χ1v) is 12.3. The molecule has 11 heteroatoms. The van der Waals surface area contributed by atoms with Crippen molar-refractivity contribution in [3.8, 4) is 11.5 Å². The van der Waals surface area contributed by atoms with E-state index in [2.05, 4.69) is 0 Å². The largest absolute Gasteiger partial charge is 0.495 e. The normalized spacial score (nSPS) is 14.8. The predicted molar refractivity (Wildman–Crippen MR) is 123 cm³/mol. The SMILES string of the molecule is CCOc1ccc2c(c1)n(C1CCOCC1)c(=O)n2S(=O)(=O)c1ccc(C(=O)OC)cc1OC. The van der Waals surface area contributed by atoms with Crippen molar-refractivity contribution in [3.63, 3.8) is 0 Å². The van der Waals surface area contributed by atoms with Crippen molar-refractivity contribution in [2.75, 3.05) is 34.0 Å². The van der Waals surface area contributed by atoms with Gasteiger partial charge >= 0.3 is 11.7 Å². The van der Waals surface area contributed by atoms with Gasteiger partial charge in [0.2, 0.25) is 0 Å². The summed E-state index contributed by atoms with van der Waals surface area (Å²) in [6, 6.07) is 8.47. The molecule has 34 heavy (non-hydrogen) atoms. The van der Waals surface area contributed by atoms with Crippen LogP contribution < -0.4 is 15.2 Å². The van der Waals surface area contributed by atoms with Gasteiger partial charge in [0.15, 0.2) is 0 Å². The number of carbonyl (C=O) groups excluding carboxylic acids is 1. The maximum Gasteiger partial charge on any atom is 0.343 e. The summed E-state index contributed by atoms with van der Waals surface area (Å²) in [6.07, 6.45) is 1.16. The topological polar surface area (TPSA) is 115 Å². The molecule has 1 fully saturated rings. The molecule has 0 unspecified atom stereocenters. The standard InChI is InChI=1S/C23H26N2O8S/c1-4-33-17-6-7-18-19(14-17)24(16-9-11-32-12-10-16)23(27)25(18)34(28,29)21-8-5-15(22(26)31-3)13-20(21)30-2/h5-8,13-14,16H,4,9-12H2,1-3H3. The summed E-state index contributed by atoms with van der Waals surface area (Å²) in [7, 11) is -1.88. The van der Waals surface area contributed by atoms with E-state index in [0.29, 0.717) is 43.9 Å². The number of fused-ring (bicyclic) bond motifs is 1. The van der Waals surface area contributed by atoms with Crippen LogP contribution in [-0.2, 0) is 19.5 Å². The molecule has 0 bridgehead atoms. The van der Waals surface area contributed by atoms with Gasteiger partial charge < -0.3 is 18.9 Å². The second kappa shape index (κ2) is 9.51. The molecule has 0 amide bonds. The van der Waals surface area contributed by atoms with Crippen molar-refractivity contribution in [3.05, 3.63) is 52.4 Å². The van der Waals surface area contributed by atoms with Gasteiger partial charge in [-0.1, -0.05) is 0 Å². The summed E-state index contributed by atoms with van der Waals surface area (Å²) >= 11 is 0. The van der Waals surface area contributed by atoms with E-state index >= 15 is 0 Å². The summed E-state index contributed by atoms with van der Waals surface area (Å²) in [5.74, 6) is -0.183. The first-order chi connectivity index (χ1) is 16.3. The third-order valence-corrected chi connectivity index (χ3v) is 7.50. The molecule has 2 heterocycles. The number of imidazole rings is 1. The lowest BCUT2D eigenvalue weighted by Gasteiger charge is -2.23. The lowest BCUT2D eigenvalue weighted by molar-refractivity contribution is 0.0600. The molecular weight excluding hydrogens is 464 g/mol. The Balaban J connectivity index is 1.96.